The van der Waals surface area contributed by atoms with Crippen molar-refractivity contribution in [2.75, 3.05) is 11.9 Å². The van der Waals surface area contributed by atoms with Crippen molar-refractivity contribution in [3.8, 4) is 5.75 Å². The molecule has 3 aromatic rings. The van der Waals surface area contributed by atoms with Gasteiger partial charge in [-0.05, 0) is 52.9 Å². The molecule has 0 fully saturated rings. The molecule has 2 aromatic carbocycles. The first kappa shape index (κ1) is 18.4. The van der Waals surface area contributed by atoms with Crippen molar-refractivity contribution in [3.05, 3.63) is 63.3 Å². The lowest BCUT2D eigenvalue weighted by Gasteiger charge is -2.12. The van der Waals surface area contributed by atoms with E-state index in [1.165, 1.54) is 0 Å². The molecule has 6 nitrogen and oxygen atoms in total. The number of hydrogen-bond donors (Lipinski definition) is 2. The first-order valence-corrected chi connectivity index (χ1v) is 9.01. The number of carbonyl (C=O) groups excluding carboxylic acids is 2. The van der Waals surface area contributed by atoms with Gasteiger partial charge in [-0.25, -0.2) is 4.79 Å². The maximum absolute atomic E-state index is 12.0. The fourth-order valence-corrected chi connectivity index (χ4v) is 3.44. The van der Waals surface area contributed by atoms with Crippen molar-refractivity contribution in [2.45, 2.75) is 0 Å². The minimum absolute atomic E-state index is 0.328. The van der Waals surface area contributed by atoms with Crippen LogP contribution in [0.4, 0.5) is 10.5 Å². The lowest BCUT2D eigenvalue weighted by Crippen LogP contribution is -2.37. The van der Waals surface area contributed by atoms with E-state index in [9.17, 15) is 9.59 Å². The first-order chi connectivity index (χ1) is 12.5. The number of anilines is 1. The summed E-state index contributed by atoms with van der Waals surface area (Å²) in [7, 11) is 0. The smallest absolute Gasteiger partial charge is 0.325 e. The monoisotopic (exact) mass is 481 g/mol. The molecule has 0 bridgehead atoms. The summed E-state index contributed by atoms with van der Waals surface area (Å²) in [5, 5.41) is 6.06. The Labute approximate surface area is 168 Å². The molecule has 1 heterocycles. The Morgan fingerprint density at radius 1 is 1.15 bits per heavy atom. The second-order valence-electron chi connectivity index (χ2n) is 5.23. The fraction of sp³-hybridized carbons (Fsp3) is 0.0556. The molecule has 0 spiro atoms. The summed E-state index contributed by atoms with van der Waals surface area (Å²) in [6.45, 7) is -0.328. The first-order valence-electron chi connectivity index (χ1n) is 7.56. The molecule has 8 heteroatoms. The number of hydrogen-bond acceptors (Lipinski definition) is 4. The van der Waals surface area contributed by atoms with Crippen LogP contribution in [0.5, 0.6) is 5.75 Å². The van der Waals surface area contributed by atoms with Gasteiger partial charge in [-0.2, -0.15) is 0 Å². The van der Waals surface area contributed by atoms with Crippen molar-refractivity contribution in [1.82, 2.24) is 10.3 Å². The number of rotatable bonds is 4. The van der Waals surface area contributed by atoms with Gasteiger partial charge < -0.3 is 10.1 Å². The molecule has 1 aromatic heterocycles. The normalized spacial score (nSPS) is 10.4. The maximum atomic E-state index is 12.0. The van der Waals surface area contributed by atoms with Crippen molar-refractivity contribution in [3.63, 3.8) is 0 Å². The number of carbonyl (C=O) groups is 2. The zero-order chi connectivity index (χ0) is 18.5. The van der Waals surface area contributed by atoms with Gasteiger partial charge >= 0.3 is 6.03 Å². The summed E-state index contributed by atoms with van der Waals surface area (Å²) in [4.78, 5) is 28.1. The third kappa shape index (κ3) is 4.41. The Bertz CT molecular complexity index is 967. The zero-order valence-corrected chi connectivity index (χ0v) is 16.2. The standard InChI is InChI=1S/C18H13ClIN3O3/c19-13-9-14(20)17(16-12(13)7-4-8-21-16)26-10-15(24)23-18(25)22-11-5-2-1-3-6-11/h1-9H,10H2,(H2,22,23,24,25). The Balaban J connectivity index is 1.65. The summed E-state index contributed by atoms with van der Waals surface area (Å²) < 4.78 is 6.32. The molecule has 3 amide bonds. The van der Waals surface area contributed by atoms with E-state index in [0.29, 0.717) is 22.0 Å². The number of pyridine rings is 1. The van der Waals surface area contributed by atoms with Gasteiger partial charge in [0.2, 0.25) is 0 Å². The van der Waals surface area contributed by atoms with E-state index in [1.807, 2.05) is 12.1 Å². The van der Waals surface area contributed by atoms with Crippen LogP contribution < -0.4 is 15.4 Å². The number of amides is 3. The number of ether oxygens (including phenoxy) is 1. The van der Waals surface area contributed by atoms with Crippen LogP contribution in [0.1, 0.15) is 0 Å². The van der Waals surface area contributed by atoms with Crippen molar-refractivity contribution >= 4 is 62.7 Å². The number of nitrogens with one attached hydrogen (secondary N) is 2. The van der Waals surface area contributed by atoms with Crippen molar-refractivity contribution in [1.29, 1.82) is 0 Å². The molecule has 26 heavy (non-hydrogen) atoms. The van der Waals surface area contributed by atoms with E-state index < -0.39 is 11.9 Å². The largest absolute Gasteiger partial charge is 0.480 e. The fourth-order valence-electron chi connectivity index (χ4n) is 2.27. The Kier molecular flexibility index (Phi) is 5.89. The van der Waals surface area contributed by atoms with Crippen LogP contribution in [-0.4, -0.2) is 23.5 Å². The molecule has 0 saturated carbocycles. The van der Waals surface area contributed by atoms with Gasteiger partial charge in [0.1, 0.15) is 5.52 Å². The molecular weight excluding hydrogens is 469 g/mol. The van der Waals surface area contributed by atoms with Gasteiger partial charge in [0, 0.05) is 17.3 Å². The summed E-state index contributed by atoms with van der Waals surface area (Å²) in [6, 6.07) is 13.5. The summed E-state index contributed by atoms with van der Waals surface area (Å²) in [5.74, 6) is -0.127. The molecule has 0 aliphatic carbocycles. The molecule has 0 atom stereocenters. The number of halogens is 2. The highest BCUT2D eigenvalue weighted by Gasteiger charge is 2.15. The molecule has 132 valence electrons. The maximum Gasteiger partial charge on any atom is 0.325 e. The third-order valence-corrected chi connectivity index (χ3v) is 4.50. The molecule has 0 unspecified atom stereocenters. The van der Waals surface area contributed by atoms with Gasteiger partial charge in [-0.3, -0.25) is 15.1 Å². The number of aromatic nitrogens is 1. The topological polar surface area (TPSA) is 80.3 Å². The number of imide groups is 1. The van der Waals surface area contributed by atoms with Crippen molar-refractivity contribution < 1.29 is 14.3 Å². The number of urea groups is 1. The van der Waals surface area contributed by atoms with E-state index >= 15 is 0 Å². The van der Waals surface area contributed by atoms with E-state index in [-0.39, 0.29) is 6.61 Å². The van der Waals surface area contributed by atoms with Crippen LogP contribution in [0, 0.1) is 3.57 Å². The Morgan fingerprint density at radius 3 is 2.69 bits per heavy atom. The molecule has 0 saturated heterocycles. The zero-order valence-electron chi connectivity index (χ0n) is 13.3. The quantitative estimate of drug-likeness (QED) is 0.547. The van der Waals surface area contributed by atoms with Crippen LogP contribution in [-0.2, 0) is 4.79 Å². The van der Waals surface area contributed by atoms with E-state index in [2.05, 4.69) is 38.2 Å². The predicted octanol–water partition coefficient (Wildman–Crippen LogP) is 4.22. The number of para-hydroxylation sites is 1. The molecule has 0 radical (unpaired) electrons. The molecular formula is C18H13ClIN3O3. The van der Waals surface area contributed by atoms with Crippen LogP contribution in [0.2, 0.25) is 5.02 Å². The Morgan fingerprint density at radius 2 is 1.92 bits per heavy atom. The average molecular weight is 482 g/mol. The second kappa shape index (κ2) is 8.33. The van der Waals surface area contributed by atoms with Gasteiger partial charge in [-0.15, -0.1) is 0 Å². The van der Waals surface area contributed by atoms with Gasteiger partial charge in [0.15, 0.2) is 12.4 Å². The second-order valence-corrected chi connectivity index (χ2v) is 6.80. The van der Waals surface area contributed by atoms with E-state index in [0.717, 1.165) is 8.96 Å². The van der Waals surface area contributed by atoms with Gasteiger partial charge in [0.25, 0.3) is 5.91 Å². The number of benzene rings is 2. The minimum Gasteiger partial charge on any atom is -0.480 e. The highest BCUT2D eigenvalue weighted by Crippen LogP contribution is 2.34. The summed E-state index contributed by atoms with van der Waals surface area (Å²) in [5.41, 5.74) is 1.15. The molecule has 2 N–H and O–H groups in total. The van der Waals surface area contributed by atoms with Crippen LogP contribution in [0.3, 0.4) is 0 Å². The molecule has 3 rings (SSSR count). The minimum atomic E-state index is -0.626. The van der Waals surface area contributed by atoms with E-state index in [4.69, 9.17) is 16.3 Å². The lowest BCUT2D eigenvalue weighted by molar-refractivity contribution is -0.121. The van der Waals surface area contributed by atoms with Gasteiger partial charge in [-0.1, -0.05) is 29.8 Å². The molecule has 0 aliphatic heterocycles. The van der Waals surface area contributed by atoms with Crippen LogP contribution in [0.25, 0.3) is 10.9 Å². The Hall–Kier alpha value is -2.39. The summed E-state index contributed by atoms with van der Waals surface area (Å²) in [6.07, 6.45) is 1.62. The van der Waals surface area contributed by atoms with Crippen LogP contribution >= 0.6 is 34.2 Å². The SMILES string of the molecule is O=C(COc1c(I)cc(Cl)c2cccnc12)NC(=O)Nc1ccccc1. The number of nitrogens with zero attached hydrogens (tertiary/aromatic N) is 1. The average Bonchev–Trinajstić information content (AvgIpc) is 2.62. The summed E-state index contributed by atoms with van der Waals surface area (Å²) >= 11 is 8.27. The third-order valence-electron chi connectivity index (χ3n) is 3.38. The van der Waals surface area contributed by atoms with Gasteiger partial charge in [0.05, 0.1) is 8.59 Å². The highest BCUT2D eigenvalue weighted by molar-refractivity contribution is 14.1. The van der Waals surface area contributed by atoms with Crippen molar-refractivity contribution in [2.24, 2.45) is 0 Å². The lowest BCUT2D eigenvalue weighted by atomic mass is 10.2. The number of fused-ring (bicyclic) bond motifs is 1. The predicted molar refractivity (Wildman–Crippen MR) is 109 cm³/mol. The highest BCUT2D eigenvalue weighted by atomic mass is 127. The van der Waals surface area contributed by atoms with Crippen LogP contribution in [0.15, 0.2) is 54.7 Å². The van der Waals surface area contributed by atoms with E-state index in [1.54, 1.807) is 42.6 Å². The molecule has 0 aliphatic rings.